The molecular formula is C10H18N2OS. The van der Waals surface area contributed by atoms with Crippen molar-refractivity contribution in [3.63, 3.8) is 0 Å². The van der Waals surface area contributed by atoms with Gasteiger partial charge in [0.25, 0.3) is 0 Å². The van der Waals surface area contributed by atoms with E-state index in [0.29, 0.717) is 11.3 Å². The quantitative estimate of drug-likeness (QED) is 0.735. The molecule has 0 radical (unpaired) electrons. The zero-order chi connectivity index (χ0) is 10.3. The molecule has 14 heavy (non-hydrogen) atoms. The minimum Gasteiger partial charge on any atom is -0.336 e. The summed E-state index contributed by atoms with van der Waals surface area (Å²) in [5.41, 5.74) is 5.87. The highest BCUT2D eigenvalue weighted by molar-refractivity contribution is 8.00. The number of fused-ring (bicyclic) bond motifs is 2. The molecule has 3 unspecified atom stereocenters. The highest BCUT2D eigenvalue weighted by Crippen LogP contribution is 2.37. The molecule has 3 atom stereocenters. The number of thioether (sulfide) groups is 1. The number of nitrogens with two attached hydrogens (primary N) is 1. The number of amides is 1. The highest BCUT2D eigenvalue weighted by atomic mass is 32.2. The Morgan fingerprint density at radius 2 is 2.29 bits per heavy atom. The van der Waals surface area contributed by atoms with Gasteiger partial charge in [-0.2, -0.15) is 11.8 Å². The Balaban J connectivity index is 1.99. The first-order valence-corrected chi connectivity index (χ1v) is 6.32. The fourth-order valence-corrected chi connectivity index (χ4v) is 3.58. The Kier molecular flexibility index (Phi) is 2.75. The summed E-state index contributed by atoms with van der Waals surface area (Å²) in [4.78, 5) is 14.0. The SMILES string of the molecule is CC(C)C(N)C(=O)N1CC2CC1CS2. The van der Waals surface area contributed by atoms with E-state index in [1.807, 2.05) is 30.5 Å². The minimum atomic E-state index is -0.306. The van der Waals surface area contributed by atoms with E-state index in [0.717, 1.165) is 12.3 Å². The van der Waals surface area contributed by atoms with Crippen LogP contribution < -0.4 is 5.73 Å². The van der Waals surface area contributed by atoms with Crippen molar-refractivity contribution >= 4 is 17.7 Å². The predicted molar refractivity (Wildman–Crippen MR) is 59.2 cm³/mol. The number of rotatable bonds is 2. The van der Waals surface area contributed by atoms with Crippen LogP contribution in [0, 0.1) is 5.92 Å². The fraction of sp³-hybridized carbons (Fsp3) is 0.900. The second-order valence-corrected chi connectivity index (χ2v) is 5.94. The van der Waals surface area contributed by atoms with E-state index >= 15 is 0 Å². The van der Waals surface area contributed by atoms with Crippen molar-refractivity contribution in [2.45, 2.75) is 37.6 Å². The van der Waals surface area contributed by atoms with Crippen LogP contribution in [0.4, 0.5) is 0 Å². The molecule has 2 bridgehead atoms. The van der Waals surface area contributed by atoms with Gasteiger partial charge >= 0.3 is 0 Å². The van der Waals surface area contributed by atoms with E-state index in [2.05, 4.69) is 0 Å². The third-order valence-corrected chi connectivity index (χ3v) is 4.58. The summed E-state index contributed by atoms with van der Waals surface area (Å²) >= 11 is 2.00. The van der Waals surface area contributed by atoms with E-state index < -0.39 is 0 Å². The highest BCUT2D eigenvalue weighted by Gasteiger charge is 2.42. The van der Waals surface area contributed by atoms with Gasteiger partial charge in [0.2, 0.25) is 5.91 Å². The van der Waals surface area contributed by atoms with Crippen LogP contribution in [0.25, 0.3) is 0 Å². The molecule has 0 aliphatic carbocycles. The van der Waals surface area contributed by atoms with E-state index in [1.165, 1.54) is 6.42 Å². The van der Waals surface area contributed by atoms with Crippen LogP contribution in [0.3, 0.4) is 0 Å². The van der Waals surface area contributed by atoms with Crippen molar-refractivity contribution in [2.24, 2.45) is 11.7 Å². The molecule has 1 amide bonds. The van der Waals surface area contributed by atoms with Crippen LogP contribution in [0.1, 0.15) is 20.3 Å². The molecule has 80 valence electrons. The Hall–Kier alpha value is -0.220. The molecule has 0 aromatic heterocycles. The lowest BCUT2D eigenvalue weighted by atomic mass is 10.0. The van der Waals surface area contributed by atoms with Gasteiger partial charge in [-0.15, -0.1) is 0 Å². The zero-order valence-electron chi connectivity index (χ0n) is 8.77. The van der Waals surface area contributed by atoms with E-state index in [4.69, 9.17) is 5.73 Å². The summed E-state index contributed by atoms with van der Waals surface area (Å²) in [6.07, 6.45) is 1.18. The molecule has 2 aliphatic heterocycles. The molecule has 0 aromatic rings. The smallest absolute Gasteiger partial charge is 0.240 e. The van der Waals surface area contributed by atoms with Crippen LogP contribution in [0.15, 0.2) is 0 Å². The average Bonchev–Trinajstić information content (AvgIpc) is 2.76. The summed E-state index contributed by atoms with van der Waals surface area (Å²) < 4.78 is 0. The second kappa shape index (κ2) is 3.74. The van der Waals surface area contributed by atoms with Crippen molar-refractivity contribution < 1.29 is 4.79 Å². The maximum absolute atomic E-state index is 12.0. The van der Waals surface area contributed by atoms with E-state index in [1.54, 1.807) is 0 Å². The number of carbonyl (C=O) groups excluding carboxylic acids is 1. The van der Waals surface area contributed by atoms with Gasteiger partial charge in [-0.05, 0) is 12.3 Å². The van der Waals surface area contributed by atoms with Gasteiger partial charge in [-0.1, -0.05) is 13.8 Å². The Bertz CT molecular complexity index is 244. The monoisotopic (exact) mass is 214 g/mol. The maximum Gasteiger partial charge on any atom is 0.240 e. The molecule has 0 spiro atoms. The van der Waals surface area contributed by atoms with Crippen molar-refractivity contribution in [3.8, 4) is 0 Å². The van der Waals surface area contributed by atoms with Gasteiger partial charge in [0.1, 0.15) is 0 Å². The summed E-state index contributed by atoms with van der Waals surface area (Å²) in [5.74, 6) is 1.52. The lowest BCUT2D eigenvalue weighted by Crippen LogP contribution is -2.50. The van der Waals surface area contributed by atoms with Crippen LogP contribution in [0.5, 0.6) is 0 Å². The van der Waals surface area contributed by atoms with Crippen LogP contribution in [0.2, 0.25) is 0 Å². The summed E-state index contributed by atoms with van der Waals surface area (Å²) in [6, 6.07) is 0.168. The lowest BCUT2D eigenvalue weighted by molar-refractivity contribution is -0.134. The van der Waals surface area contributed by atoms with Gasteiger partial charge in [-0.3, -0.25) is 4.79 Å². The molecule has 3 nitrogen and oxygen atoms in total. The van der Waals surface area contributed by atoms with Gasteiger partial charge < -0.3 is 10.6 Å². The number of carbonyl (C=O) groups is 1. The maximum atomic E-state index is 12.0. The molecule has 0 saturated carbocycles. The zero-order valence-corrected chi connectivity index (χ0v) is 9.59. The number of hydrogen-bond donors (Lipinski definition) is 1. The van der Waals surface area contributed by atoms with Crippen molar-refractivity contribution in [1.82, 2.24) is 4.90 Å². The summed E-state index contributed by atoms with van der Waals surface area (Å²) in [7, 11) is 0. The minimum absolute atomic E-state index is 0.160. The third kappa shape index (κ3) is 1.65. The largest absolute Gasteiger partial charge is 0.336 e. The van der Waals surface area contributed by atoms with Gasteiger partial charge in [0.05, 0.1) is 6.04 Å². The third-order valence-electron chi connectivity index (χ3n) is 3.19. The number of likely N-dealkylation sites (tertiary alicyclic amines) is 1. The van der Waals surface area contributed by atoms with Crippen LogP contribution in [-0.2, 0) is 4.79 Å². The molecule has 2 fully saturated rings. The normalized spacial score (nSPS) is 32.7. The Morgan fingerprint density at radius 3 is 2.71 bits per heavy atom. The standard InChI is InChI=1S/C10H18N2OS/c1-6(2)9(11)10(13)12-4-8-3-7(12)5-14-8/h6-9H,3-5,11H2,1-2H3. The molecule has 2 rings (SSSR count). The molecule has 0 aromatic carbocycles. The van der Waals surface area contributed by atoms with Crippen molar-refractivity contribution in [2.75, 3.05) is 12.3 Å². The topological polar surface area (TPSA) is 46.3 Å². The lowest BCUT2D eigenvalue weighted by Gasteiger charge is -2.30. The Morgan fingerprint density at radius 1 is 1.57 bits per heavy atom. The van der Waals surface area contributed by atoms with Gasteiger partial charge in [0, 0.05) is 23.6 Å². The number of hydrogen-bond acceptors (Lipinski definition) is 3. The fourth-order valence-electron chi connectivity index (χ4n) is 2.15. The summed E-state index contributed by atoms with van der Waals surface area (Å²) in [5, 5.41) is 0.684. The Labute approximate surface area is 89.4 Å². The van der Waals surface area contributed by atoms with E-state index in [-0.39, 0.29) is 17.9 Å². The molecule has 4 heteroatoms. The second-order valence-electron chi connectivity index (χ2n) is 4.61. The van der Waals surface area contributed by atoms with Gasteiger partial charge in [0.15, 0.2) is 0 Å². The molecule has 2 N–H and O–H groups in total. The van der Waals surface area contributed by atoms with E-state index in [9.17, 15) is 4.79 Å². The van der Waals surface area contributed by atoms with Crippen LogP contribution in [-0.4, -0.2) is 40.4 Å². The van der Waals surface area contributed by atoms with Crippen LogP contribution >= 0.6 is 11.8 Å². The molecule has 2 saturated heterocycles. The van der Waals surface area contributed by atoms with Crippen molar-refractivity contribution in [1.29, 1.82) is 0 Å². The molecular weight excluding hydrogens is 196 g/mol. The first-order chi connectivity index (χ1) is 6.59. The predicted octanol–water partition coefficient (Wildman–Crippen LogP) is 0.686. The first kappa shape index (κ1) is 10.3. The summed E-state index contributed by atoms with van der Waals surface area (Å²) in [6.45, 7) is 4.94. The van der Waals surface area contributed by atoms with Gasteiger partial charge in [-0.25, -0.2) is 0 Å². The van der Waals surface area contributed by atoms with Crippen molar-refractivity contribution in [3.05, 3.63) is 0 Å². The molecule has 2 heterocycles. The first-order valence-electron chi connectivity index (χ1n) is 5.27. The average molecular weight is 214 g/mol. The number of nitrogens with zero attached hydrogens (tertiary/aromatic N) is 1. The molecule has 2 aliphatic rings.